The van der Waals surface area contributed by atoms with Crippen molar-refractivity contribution in [2.75, 3.05) is 0 Å². The molecule has 7 heteroatoms. The summed E-state index contributed by atoms with van der Waals surface area (Å²) in [6.45, 7) is 1.91. The second-order valence-corrected chi connectivity index (χ2v) is 7.33. The molecule has 0 spiro atoms. The van der Waals surface area contributed by atoms with Crippen LogP contribution in [-0.2, 0) is 16.0 Å². The summed E-state index contributed by atoms with van der Waals surface area (Å²) in [6, 6.07) is -0.135. The number of amides is 2. The number of H-pyrrole nitrogens is 1. The first-order valence-corrected chi connectivity index (χ1v) is 8.47. The Morgan fingerprint density at radius 3 is 2.71 bits per heavy atom. The van der Waals surface area contributed by atoms with Crippen LogP contribution < -0.4 is 11.1 Å². The normalized spacial score (nSPS) is 22.5. The molecule has 4 N–H and O–H groups in total. The molecule has 5 nitrogen and oxygen atoms in total. The summed E-state index contributed by atoms with van der Waals surface area (Å²) in [4.78, 5) is 27.8. The number of aromatic amines is 1. The number of primary amides is 1. The van der Waals surface area contributed by atoms with Crippen molar-refractivity contribution in [2.24, 2.45) is 11.7 Å². The number of nitrogens with two attached hydrogens (primary N) is 1. The third-order valence-electron chi connectivity index (χ3n) is 3.97. The molecule has 1 aliphatic rings. The lowest BCUT2D eigenvalue weighted by Crippen LogP contribution is -2.45. The highest BCUT2D eigenvalue weighted by atomic mass is 32.1. The van der Waals surface area contributed by atoms with Gasteiger partial charge in [-0.25, -0.2) is 0 Å². The third kappa shape index (κ3) is 4.38. The van der Waals surface area contributed by atoms with Gasteiger partial charge in [-0.3, -0.25) is 9.59 Å². The van der Waals surface area contributed by atoms with E-state index in [1.165, 1.54) is 11.3 Å². The molecule has 0 bridgehead atoms. The molecule has 0 saturated heterocycles. The number of carbonyl (C=O) groups is 2. The SMILES string of the molecule is Cc1[nH]c(=S)sc1CC(=O)N[C@H]1CCCCC[C@H]1C(N)=O. The predicted octanol–water partition coefficient (Wildman–Crippen LogP) is 2.21. The van der Waals surface area contributed by atoms with Crippen LogP contribution in [0.25, 0.3) is 0 Å². The summed E-state index contributed by atoms with van der Waals surface area (Å²) >= 11 is 6.50. The van der Waals surface area contributed by atoms with Crippen molar-refractivity contribution < 1.29 is 9.59 Å². The maximum absolute atomic E-state index is 12.2. The van der Waals surface area contributed by atoms with E-state index in [1.807, 2.05) is 6.92 Å². The van der Waals surface area contributed by atoms with Gasteiger partial charge in [0.15, 0.2) is 3.95 Å². The third-order valence-corrected chi connectivity index (χ3v) is 5.31. The molecule has 116 valence electrons. The number of rotatable bonds is 4. The fourth-order valence-electron chi connectivity index (χ4n) is 2.83. The molecule has 1 fully saturated rings. The van der Waals surface area contributed by atoms with Crippen molar-refractivity contribution in [3.8, 4) is 0 Å². The Bertz CT molecular complexity index is 579. The standard InChI is InChI=1S/C14H21N3O2S2/c1-8-11(21-14(20)16-8)7-12(18)17-10-6-4-2-3-5-9(10)13(15)19/h9-10H,2-7H2,1H3,(H2,15,19)(H,16,20)(H,17,18)/t9-,10+/m1/s1. The van der Waals surface area contributed by atoms with Gasteiger partial charge in [-0.05, 0) is 32.0 Å². The van der Waals surface area contributed by atoms with E-state index in [0.29, 0.717) is 10.4 Å². The highest BCUT2D eigenvalue weighted by Crippen LogP contribution is 2.24. The Morgan fingerprint density at radius 1 is 1.38 bits per heavy atom. The summed E-state index contributed by atoms with van der Waals surface area (Å²) < 4.78 is 0.680. The average molecular weight is 327 g/mol. The van der Waals surface area contributed by atoms with Gasteiger partial charge in [0.25, 0.3) is 0 Å². The lowest BCUT2D eigenvalue weighted by Gasteiger charge is -2.23. The number of aromatic nitrogens is 1. The first-order chi connectivity index (χ1) is 9.97. The van der Waals surface area contributed by atoms with E-state index in [-0.39, 0.29) is 23.8 Å². The van der Waals surface area contributed by atoms with Gasteiger partial charge < -0.3 is 16.0 Å². The highest BCUT2D eigenvalue weighted by Gasteiger charge is 2.29. The number of hydrogen-bond donors (Lipinski definition) is 3. The van der Waals surface area contributed by atoms with Crippen LogP contribution >= 0.6 is 23.6 Å². The van der Waals surface area contributed by atoms with Crippen molar-refractivity contribution in [3.63, 3.8) is 0 Å². The van der Waals surface area contributed by atoms with Gasteiger partial charge in [-0.2, -0.15) is 0 Å². The van der Waals surface area contributed by atoms with E-state index >= 15 is 0 Å². The summed E-state index contributed by atoms with van der Waals surface area (Å²) in [5, 5.41) is 2.99. The first kappa shape index (κ1) is 16.2. The summed E-state index contributed by atoms with van der Waals surface area (Å²) in [7, 11) is 0. The second-order valence-electron chi connectivity index (χ2n) is 5.56. The van der Waals surface area contributed by atoms with Crippen molar-refractivity contribution in [1.29, 1.82) is 0 Å². The number of hydrogen-bond acceptors (Lipinski definition) is 4. The molecular formula is C14H21N3O2S2. The molecule has 2 atom stereocenters. The van der Waals surface area contributed by atoms with Crippen molar-refractivity contribution in [3.05, 3.63) is 14.5 Å². The minimum atomic E-state index is -0.310. The highest BCUT2D eigenvalue weighted by molar-refractivity contribution is 7.73. The molecule has 1 saturated carbocycles. The van der Waals surface area contributed by atoms with Crippen LogP contribution in [0, 0.1) is 16.8 Å². The van der Waals surface area contributed by atoms with Crippen LogP contribution in [-0.4, -0.2) is 22.8 Å². The number of carbonyl (C=O) groups excluding carboxylic acids is 2. The molecule has 0 aromatic carbocycles. The number of nitrogens with one attached hydrogen (secondary N) is 2. The monoisotopic (exact) mass is 327 g/mol. The minimum absolute atomic E-state index is 0.0681. The van der Waals surface area contributed by atoms with E-state index in [9.17, 15) is 9.59 Å². The molecule has 2 rings (SSSR count). The van der Waals surface area contributed by atoms with E-state index in [2.05, 4.69) is 10.3 Å². The average Bonchev–Trinajstić information content (AvgIpc) is 2.61. The minimum Gasteiger partial charge on any atom is -0.369 e. The topological polar surface area (TPSA) is 88.0 Å². The van der Waals surface area contributed by atoms with Crippen LogP contribution in [0.15, 0.2) is 0 Å². The van der Waals surface area contributed by atoms with Gasteiger partial charge in [-0.1, -0.05) is 19.3 Å². The molecule has 21 heavy (non-hydrogen) atoms. The van der Waals surface area contributed by atoms with E-state index in [1.54, 1.807) is 0 Å². The van der Waals surface area contributed by atoms with Crippen LogP contribution in [0.4, 0.5) is 0 Å². The van der Waals surface area contributed by atoms with Crippen LogP contribution in [0.3, 0.4) is 0 Å². The molecular weight excluding hydrogens is 306 g/mol. The van der Waals surface area contributed by atoms with Gasteiger partial charge in [-0.15, -0.1) is 11.3 Å². The van der Waals surface area contributed by atoms with E-state index in [4.69, 9.17) is 18.0 Å². The van der Waals surface area contributed by atoms with Gasteiger partial charge in [0.05, 0.1) is 12.3 Å². The lowest BCUT2D eigenvalue weighted by atomic mass is 9.94. The van der Waals surface area contributed by atoms with E-state index in [0.717, 1.165) is 42.7 Å². The van der Waals surface area contributed by atoms with Gasteiger partial charge in [0.1, 0.15) is 0 Å². The molecule has 0 radical (unpaired) electrons. The largest absolute Gasteiger partial charge is 0.369 e. The number of aryl methyl sites for hydroxylation is 1. The summed E-state index contributed by atoms with van der Waals surface area (Å²) in [5.41, 5.74) is 6.41. The lowest BCUT2D eigenvalue weighted by molar-refractivity contribution is -0.125. The fourth-order valence-corrected chi connectivity index (χ4v) is 4.12. The van der Waals surface area contributed by atoms with Gasteiger partial charge in [0.2, 0.25) is 11.8 Å². The molecule has 1 heterocycles. The Labute approximate surface area is 133 Å². The maximum atomic E-state index is 12.2. The molecule has 2 amide bonds. The molecule has 1 aromatic heterocycles. The van der Waals surface area contributed by atoms with Crippen LogP contribution in [0.1, 0.15) is 42.7 Å². The predicted molar refractivity (Wildman–Crippen MR) is 85.6 cm³/mol. The Hall–Kier alpha value is -1.21. The molecule has 1 aromatic rings. The molecule has 0 unspecified atom stereocenters. The van der Waals surface area contributed by atoms with Gasteiger partial charge in [0, 0.05) is 16.6 Å². The zero-order chi connectivity index (χ0) is 15.4. The van der Waals surface area contributed by atoms with Crippen molar-refractivity contribution in [1.82, 2.24) is 10.3 Å². The Morgan fingerprint density at radius 2 is 2.10 bits per heavy atom. The first-order valence-electron chi connectivity index (χ1n) is 7.24. The summed E-state index contributed by atoms with van der Waals surface area (Å²) in [5.74, 6) is -0.626. The molecule has 1 aliphatic carbocycles. The fraction of sp³-hybridized carbons (Fsp3) is 0.643. The Kier molecular flexibility index (Phi) is 5.52. The smallest absolute Gasteiger partial charge is 0.225 e. The maximum Gasteiger partial charge on any atom is 0.225 e. The quantitative estimate of drug-likeness (QED) is 0.585. The second kappa shape index (κ2) is 7.17. The zero-order valence-electron chi connectivity index (χ0n) is 12.1. The van der Waals surface area contributed by atoms with E-state index < -0.39 is 0 Å². The van der Waals surface area contributed by atoms with Crippen molar-refractivity contribution in [2.45, 2.75) is 51.5 Å². The van der Waals surface area contributed by atoms with Crippen LogP contribution in [0.2, 0.25) is 0 Å². The zero-order valence-corrected chi connectivity index (χ0v) is 13.7. The Balaban J connectivity index is 2.01. The van der Waals surface area contributed by atoms with Crippen molar-refractivity contribution >= 4 is 35.4 Å². The van der Waals surface area contributed by atoms with Gasteiger partial charge >= 0.3 is 0 Å². The summed E-state index contributed by atoms with van der Waals surface area (Å²) in [6.07, 6.45) is 5.00. The molecule has 0 aliphatic heterocycles. The van der Waals surface area contributed by atoms with Crippen LogP contribution in [0.5, 0.6) is 0 Å². The number of thiazole rings is 1.